The summed E-state index contributed by atoms with van der Waals surface area (Å²) in [5.41, 5.74) is 4.83. The Morgan fingerprint density at radius 2 is 1.86 bits per heavy atom. The molecule has 0 fully saturated rings. The topological polar surface area (TPSA) is 25.2 Å². The van der Waals surface area contributed by atoms with Crippen LogP contribution in [0.2, 0.25) is 0 Å². The van der Waals surface area contributed by atoms with E-state index in [1.54, 1.807) is 6.08 Å². The normalized spacial score (nSPS) is 14.8. The number of para-hydroxylation sites is 1. The molecule has 0 N–H and O–H groups in total. The molecule has 3 heteroatoms. The van der Waals surface area contributed by atoms with Crippen LogP contribution in [0.3, 0.4) is 0 Å². The zero-order valence-corrected chi connectivity index (χ0v) is 16.2. The first-order chi connectivity index (χ1) is 13.8. The predicted molar refractivity (Wildman–Crippen MR) is 116 cm³/mol. The third-order valence-electron chi connectivity index (χ3n) is 5.37. The fourth-order valence-electron chi connectivity index (χ4n) is 3.97. The van der Waals surface area contributed by atoms with Crippen molar-refractivity contribution >= 4 is 22.4 Å². The summed E-state index contributed by atoms with van der Waals surface area (Å²) in [6.45, 7) is 6.66. The van der Waals surface area contributed by atoms with E-state index in [9.17, 15) is 4.79 Å². The molecule has 3 aromatic rings. The second-order valence-corrected chi connectivity index (χ2v) is 7.37. The van der Waals surface area contributed by atoms with Gasteiger partial charge < -0.3 is 0 Å². The molecule has 4 rings (SSSR count). The maximum Gasteiger partial charge on any atom is 0.231 e. The average Bonchev–Trinajstić information content (AvgIpc) is 3.13. The van der Waals surface area contributed by atoms with E-state index >= 15 is 0 Å². The number of carbonyl (C=O) groups is 1. The van der Waals surface area contributed by atoms with E-state index < -0.39 is 0 Å². The summed E-state index contributed by atoms with van der Waals surface area (Å²) in [5, 5.41) is 1.15. The molecule has 0 spiro atoms. The quantitative estimate of drug-likeness (QED) is 0.533. The molecule has 0 aliphatic carbocycles. The lowest BCUT2D eigenvalue weighted by molar-refractivity contribution is 0.0909. The number of carbonyl (C=O) groups excluding carboxylic acids is 1. The first-order valence-electron chi connectivity index (χ1n) is 9.96. The first-order valence-corrected chi connectivity index (χ1v) is 9.96. The van der Waals surface area contributed by atoms with Crippen molar-refractivity contribution in [1.82, 2.24) is 9.47 Å². The second-order valence-electron chi connectivity index (χ2n) is 7.37. The number of hydrogen-bond acceptors (Lipinski definition) is 2. The Hall–Kier alpha value is -2.91. The standard InChI is InChI=1S/C25H26N2O/c1-2-3-15-25(28)27-19-23(22-13-7-8-14-24(22)27)21-12-9-16-26(18-21)17-20-10-5-4-6-11-20/h2,4-8,10-14,19H,1,3,9,15-18H2. The lowest BCUT2D eigenvalue weighted by Gasteiger charge is -2.27. The van der Waals surface area contributed by atoms with Crippen molar-refractivity contribution in [2.24, 2.45) is 0 Å². The predicted octanol–water partition coefficient (Wildman–Crippen LogP) is 5.54. The Labute approximate surface area is 166 Å². The molecule has 2 aromatic carbocycles. The van der Waals surface area contributed by atoms with E-state index in [0.29, 0.717) is 12.8 Å². The zero-order valence-electron chi connectivity index (χ0n) is 16.2. The molecule has 142 valence electrons. The second kappa shape index (κ2) is 8.41. The van der Waals surface area contributed by atoms with Crippen LogP contribution in [0.25, 0.3) is 16.5 Å². The summed E-state index contributed by atoms with van der Waals surface area (Å²) in [5.74, 6) is 0.125. The maximum atomic E-state index is 12.7. The van der Waals surface area contributed by atoms with E-state index in [0.717, 1.165) is 37.0 Å². The van der Waals surface area contributed by atoms with Crippen molar-refractivity contribution < 1.29 is 4.79 Å². The fraction of sp³-hybridized carbons (Fsp3) is 0.240. The van der Waals surface area contributed by atoms with Gasteiger partial charge in [0.05, 0.1) is 5.52 Å². The van der Waals surface area contributed by atoms with Gasteiger partial charge in [0, 0.05) is 43.2 Å². The van der Waals surface area contributed by atoms with Crippen LogP contribution in [0.4, 0.5) is 0 Å². The van der Waals surface area contributed by atoms with Crippen molar-refractivity contribution in [2.75, 3.05) is 13.1 Å². The van der Waals surface area contributed by atoms with Crippen LogP contribution in [0.1, 0.15) is 35.2 Å². The molecule has 0 unspecified atom stereocenters. The van der Waals surface area contributed by atoms with Crippen molar-refractivity contribution in [3.05, 3.63) is 90.7 Å². The van der Waals surface area contributed by atoms with Crippen LogP contribution in [0.15, 0.2) is 79.5 Å². The molecule has 3 nitrogen and oxygen atoms in total. The molecule has 0 bridgehead atoms. The van der Waals surface area contributed by atoms with Gasteiger partial charge in [-0.2, -0.15) is 0 Å². The SMILES string of the molecule is C=CCCC(=O)n1cc(C2=CCCN(Cc3ccccc3)C2)c2ccccc21. The molecular formula is C25H26N2O. The summed E-state index contributed by atoms with van der Waals surface area (Å²) in [6.07, 6.45) is 8.40. The molecule has 2 heterocycles. The van der Waals surface area contributed by atoms with Crippen LogP contribution in [-0.2, 0) is 6.54 Å². The lowest BCUT2D eigenvalue weighted by Crippen LogP contribution is -2.29. The number of benzene rings is 2. The third-order valence-corrected chi connectivity index (χ3v) is 5.37. The number of nitrogens with zero attached hydrogens (tertiary/aromatic N) is 2. The molecule has 0 saturated heterocycles. The number of fused-ring (bicyclic) bond motifs is 1. The maximum absolute atomic E-state index is 12.7. The molecule has 1 aromatic heterocycles. The van der Waals surface area contributed by atoms with Crippen molar-refractivity contribution in [2.45, 2.75) is 25.8 Å². The Bertz CT molecular complexity index is 1010. The summed E-state index contributed by atoms with van der Waals surface area (Å²) in [7, 11) is 0. The highest BCUT2D eigenvalue weighted by molar-refractivity contribution is 5.99. The minimum atomic E-state index is 0.125. The fourth-order valence-corrected chi connectivity index (χ4v) is 3.97. The lowest BCUT2D eigenvalue weighted by atomic mass is 10.00. The molecule has 0 saturated carbocycles. The highest BCUT2D eigenvalue weighted by Crippen LogP contribution is 2.30. The minimum Gasteiger partial charge on any atom is -0.295 e. The van der Waals surface area contributed by atoms with Gasteiger partial charge in [0.1, 0.15) is 0 Å². The smallest absolute Gasteiger partial charge is 0.231 e. The van der Waals surface area contributed by atoms with Gasteiger partial charge in [-0.1, -0.05) is 60.7 Å². The van der Waals surface area contributed by atoms with Crippen LogP contribution in [0, 0.1) is 0 Å². The first kappa shape index (κ1) is 18.5. The van der Waals surface area contributed by atoms with Gasteiger partial charge >= 0.3 is 0 Å². The van der Waals surface area contributed by atoms with Crippen molar-refractivity contribution in [3.8, 4) is 0 Å². The van der Waals surface area contributed by atoms with Gasteiger partial charge in [-0.25, -0.2) is 0 Å². The van der Waals surface area contributed by atoms with Crippen LogP contribution in [-0.4, -0.2) is 28.5 Å². The molecule has 0 atom stereocenters. The molecule has 1 aliphatic heterocycles. The largest absolute Gasteiger partial charge is 0.295 e. The zero-order chi connectivity index (χ0) is 19.3. The molecule has 0 amide bonds. The Kier molecular flexibility index (Phi) is 5.54. The summed E-state index contributed by atoms with van der Waals surface area (Å²) < 4.78 is 1.82. The third kappa shape index (κ3) is 3.85. The highest BCUT2D eigenvalue weighted by Gasteiger charge is 2.19. The van der Waals surface area contributed by atoms with E-state index in [4.69, 9.17) is 0 Å². The van der Waals surface area contributed by atoms with Gasteiger partial charge in [0.2, 0.25) is 5.91 Å². The number of hydrogen-bond donors (Lipinski definition) is 0. The van der Waals surface area contributed by atoms with E-state index in [2.05, 4.69) is 60.0 Å². The van der Waals surface area contributed by atoms with Gasteiger partial charge in [-0.15, -0.1) is 6.58 Å². The van der Waals surface area contributed by atoms with E-state index in [-0.39, 0.29) is 5.91 Å². The van der Waals surface area contributed by atoms with Gasteiger partial charge in [0.15, 0.2) is 0 Å². The number of rotatable bonds is 6. The van der Waals surface area contributed by atoms with Crippen molar-refractivity contribution in [3.63, 3.8) is 0 Å². The summed E-state index contributed by atoms with van der Waals surface area (Å²) >= 11 is 0. The van der Waals surface area contributed by atoms with Crippen molar-refractivity contribution in [1.29, 1.82) is 0 Å². The number of allylic oxidation sites excluding steroid dienone is 1. The Balaban J connectivity index is 1.62. The Morgan fingerprint density at radius 1 is 1.07 bits per heavy atom. The van der Waals surface area contributed by atoms with E-state index in [1.165, 1.54) is 16.7 Å². The van der Waals surface area contributed by atoms with E-state index in [1.807, 2.05) is 22.9 Å². The summed E-state index contributed by atoms with van der Waals surface area (Å²) in [6, 6.07) is 18.8. The molecule has 1 aliphatic rings. The monoisotopic (exact) mass is 370 g/mol. The van der Waals surface area contributed by atoms with Gasteiger partial charge in [-0.05, 0) is 30.0 Å². The molecular weight excluding hydrogens is 344 g/mol. The average molecular weight is 370 g/mol. The molecule has 0 radical (unpaired) electrons. The van der Waals surface area contributed by atoms with Crippen LogP contribution in [0.5, 0.6) is 0 Å². The Morgan fingerprint density at radius 3 is 2.68 bits per heavy atom. The number of aromatic nitrogens is 1. The highest BCUT2D eigenvalue weighted by atomic mass is 16.2. The van der Waals surface area contributed by atoms with Gasteiger partial charge in [-0.3, -0.25) is 14.3 Å². The summed E-state index contributed by atoms with van der Waals surface area (Å²) in [4.78, 5) is 15.2. The minimum absolute atomic E-state index is 0.125. The van der Waals surface area contributed by atoms with Gasteiger partial charge in [0.25, 0.3) is 0 Å². The van der Waals surface area contributed by atoms with Crippen LogP contribution < -0.4 is 0 Å². The molecule has 28 heavy (non-hydrogen) atoms. The van der Waals surface area contributed by atoms with Crippen LogP contribution >= 0.6 is 0 Å².